The molecule has 29 heavy (non-hydrogen) atoms. The third kappa shape index (κ3) is 3.97. The molecule has 3 aromatic carbocycles. The second kappa shape index (κ2) is 8.15. The van der Waals surface area contributed by atoms with Crippen LogP contribution in [0.3, 0.4) is 0 Å². The Morgan fingerprint density at radius 1 is 0.966 bits per heavy atom. The molecule has 0 atom stereocenters. The Hall–Kier alpha value is -3.65. The van der Waals surface area contributed by atoms with Gasteiger partial charge < -0.3 is 10.1 Å². The fraction of sp³-hybridized carbons (Fsp3) is 0.125. The third-order valence-corrected chi connectivity index (χ3v) is 4.82. The van der Waals surface area contributed by atoms with Crippen molar-refractivity contribution in [1.29, 1.82) is 0 Å². The summed E-state index contributed by atoms with van der Waals surface area (Å²) in [6.45, 7) is 0.165. The van der Waals surface area contributed by atoms with Gasteiger partial charge in [-0.25, -0.2) is 13.6 Å². The minimum absolute atomic E-state index is 0.0272. The lowest BCUT2D eigenvalue weighted by Gasteiger charge is -2.14. The highest BCUT2D eigenvalue weighted by atomic mass is 19.1. The van der Waals surface area contributed by atoms with E-state index in [9.17, 15) is 13.6 Å². The van der Waals surface area contributed by atoms with Crippen LogP contribution < -0.4 is 5.32 Å². The third-order valence-electron chi connectivity index (χ3n) is 4.82. The zero-order valence-electron chi connectivity index (χ0n) is 15.4. The first-order valence-corrected chi connectivity index (χ1v) is 9.16. The van der Waals surface area contributed by atoms with Gasteiger partial charge in [-0.2, -0.15) is 0 Å². The molecule has 1 aliphatic carbocycles. The van der Waals surface area contributed by atoms with Gasteiger partial charge in [0.05, 0.1) is 12.1 Å². The lowest BCUT2D eigenvalue weighted by Crippen LogP contribution is -2.26. The number of amides is 1. The van der Waals surface area contributed by atoms with Crippen molar-refractivity contribution in [3.8, 4) is 23.0 Å². The molecule has 0 saturated heterocycles. The van der Waals surface area contributed by atoms with Gasteiger partial charge in [-0.15, -0.1) is 0 Å². The van der Waals surface area contributed by atoms with Gasteiger partial charge in [-0.1, -0.05) is 60.4 Å². The predicted octanol–water partition coefficient (Wildman–Crippen LogP) is 4.86. The molecular weight excluding hydrogens is 372 g/mol. The van der Waals surface area contributed by atoms with Gasteiger partial charge in [0.25, 0.3) is 0 Å². The number of benzene rings is 3. The highest BCUT2D eigenvalue weighted by Gasteiger charge is 2.28. The Bertz CT molecular complexity index is 1090. The quantitative estimate of drug-likeness (QED) is 0.650. The van der Waals surface area contributed by atoms with E-state index >= 15 is 0 Å². The molecule has 0 spiro atoms. The Kier molecular flexibility index (Phi) is 5.26. The molecule has 0 aliphatic heterocycles. The molecule has 4 rings (SSSR count). The van der Waals surface area contributed by atoms with Crippen molar-refractivity contribution in [2.75, 3.05) is 13.2 Å². The van der Waals surface area contributed by atoms with Crippen LogP contribution in [0.2, 0.25) is 0 Å². The standard InChI is InChI=1S/C24H17F2NO2/c25-17-11-12-23(26)16(14-17)6-5-13-27-24(28)29-15-22-20-9-3-1-7-18(20)19-8-2-4-10-21(19)22/h1-4,7-12,14,22H,13,15H2,(H,27,28). The van der Waals surface area contributed by atoms with E-state index in [4.69, 9.17) is 4.74 Å². The van der Waals surface area contributed by atoms with Crippen LogP contribution in [-0.2, 0) is 4.74 Å². The maximum absolute atomic E-state index is 13.5. The summed E-state index contributed by atoms with van der Waals surface area (Å²) in [5.74, 6) is 3.88. The largest absolute Gasteiger partial charge is 0.449 e. The van der Waals surface area contributed by atoms with Gasteiger partial charge >= 0.3 is 6.09 Å². The van der Waals surface area contributed by atoms with E-state index < -0.39 is 17.7 Å². The van der Waals surface area contributed by atoms with Crippen LogP contribution >= 0.6 is 0 Å². The van der Waals surface area contributed by atoms with Crippen molar-refractivity contribution in [3.05, 3.63) is 95.1 Å². The zero-order valence-corrected chi connectivity index (χ0v) is 15.4. The lowest BCUT2D eigenvalue weighted by atomic mass is 9.98. The van der Waals surface area contributed by atoms with E-state index in [0.717, 1.165) is 40.5 Å². The molecule has 1 amide bonds. The van der Waals surface area contributed by atoms with Crippen LogP contribution in [0.15, 0.2) is 66.7 Å². The predicted molar refractivity (Wildman–Crippen MR) is 106 cm³/mol. The molecule has 0 fully saturated rings. The van der Waals surface area contributed by atoms with E-state index in [1.165, 1.54) is 0 Å². The van der Waals surface area contributed by atoms with E-state index in [0.29, 0.717) is 0 Å². The first-order chi connectivity index (χ1) is 14.1. The van der Waals surface area contributed by atoms with Gasteiger partial charge in [0, 0.05) is 5.92 Å². The number of rotatable bonds is 3. The number of halogens is 2. The molecule has 0 radical (unpaired) electrons. The van der Waals surface area contributed by atoms with E-state index in [1.807, 2.05) is 36.4 Å². The van der Waals surface area contributed by atoms with Crippen molar-refractivity contribution in [1.82, 2.24) is 5.32 Å². The summed E-state index contributed by atoms with van der Waals surface area (Å²) in [7, 11) is 0. The molecule has 1 aliphatic rings. The summed E-state index contributed by atoms with van der Waals surface area (Å²) in [5.41, 5.74) is 4.50. The molecule has 0 saturated carbocycles. The molecule has 144 valence electrons. The lowest BCUT2D eigenvalue weighted by molar-refractivity contribution is 0.144. The second-order valence-corrected chi connectivity index (χ2v) is 6.61. The molecule has 3 aromatic rings. The van der Waals surface area contributed by atoms with Crippen LogP contribution in [0.5, 0.6) is 0 Å². The molecule has 0 heterocycles. The van der Waals surface area contributed by atoms with Gasteiger partial charge in [0.15, 0.2) is 0 Å². The average Bonchev–Trinajstić information content (AvgIpc) is 3.06. The maximum Gasteiger partial charge on any atom is 0.407 e. The van der Waals surface area contributed by atoms with E-state index in [2.05, 4.69) is 29.3 Å². The normalized spacial score (nSPS) is 11.8. The summed E-state index contributed by atoms with van der Waals surface area (Å²) in [5, 5.41) is 2.51. The Morgan fingerprint density at radius 2 is 1.62 bits per heavy atom. The van der Waals surface area contributed by atoms with E-state index in [1.54, 1.807) is 0 Å². The Balaban J connectivity index is 1.36. The first-order valence-electron chi connectivity index (χ1n) is 9.16. The SMILES string of the molecule is O=C(NCC#Cc1cc(F)ccc1F)OCC1c2ccccc2-c2ccccc21. The number of ether oxygens (including phenoxy) is 1. The highest BCUT2D eigenvalue weighted by Crippen LogP contribution is 2.44. The highest BCUT2D eigenvalue weighted by molar-refractivity contribution is 5.79. The van der Waals surface area contributed by atoms with Crippen molar-refractivity contribution < 1.29 is 18.3 Å². The van der Waals surface area contributed by atoms with Gasteiger partial charge in [0.1, 0.15) is 18.2 Å². The van der Waals surface area contributed by atoms with E-state index in [-0.39, 0.29) is 24.6 Å². The fourth-order valence-electron chi connectivity index (χ4n) is 3.50. The summed E-state index contributed by atoms with van der Waals surface area (Å²) >= 11 is 0. The second-order valence-electron chi connectivity index (χ2n) is 6.61. The number of carbonyl (C=O) groups excluding carboxylic acids is 1. The Labute approximate surface area is 167 Å². The molecule has 0 unspecified atom stereocenters. The fourth-order valence-corrected chi connectivity index (χ4v) is 3.50. The Morgan fingerprint density at radius 3 is 2.31 bits per heavy atom. The molecular formula is C24H17F2NO2. The number of alkyl carbamates (subject to hydrolysis) is 1. The number of hydrogen-bond acceptors (Lipinski definition) is 2. The molecule has 5 heteroatoms. The van der Waals surface area contributed by atoms with Crippen LogP contribution in [-0.4, -0.2) is 19.2 Å². The first kappa shape index (κ1) is 18.7. The average molecular weight is 389 g/mol. The minimum atomic E-state index is -0.611. The summed E-state index contributed by atoms with van der Waals surface area (Å²) in [4.78, 5) is 12.0. The van der Waals surface area contributed by atoms with Crippen molar-refractivity contribution in [2.24, 2.45) is 0 Å². The molecule has 0 aromatic heterocycles. The van der Waals surface area contributed by atoms with Gasteiger partial charge in [-0.3, -0.25) is 0 Å². The van der Waals surface area contributed by atoms with Crippen molar-refractivity contribution in [3.63, 3.8) is 0 Å². The number of fused-ring (bicyclic) bond motifs is 3. The van der Waals surface area contributed by atoms with Gasteiger partial charge in [0.2, 0.25) is 0 Å². The maximum atomic E-state index is 13.5. The summed E-state index contributed by atoms with van der Waals surface area (Å²) < 4.78 is 32.0. The zero-order chi connectivity index (χ0) is 20.2. The molecule has 1 N–H and O–H groups in total. The minimum Gasteiger partial charge on any atom is -0.449 e. The number of carbonyl (C=O) groups is 1. The van der Waals surface area contributed by atoms with Crippen LogP contribution in [0.25, 0.3) is 11.1 Å². The van der Waals surface area contributed by atoms with Crippen LogP contribution in [0.1, 0.15) is 22.6 Å². The topological polar surface area (TPSA) is 38.3 Å². The number of hydrogen-bond donors (Lipinski definition) is 1. The molecule has 0 bridgehead atoms. The number of nitrogens with one attached hydrogen (secondary N) is 1. The molecule has 3 nitrogen and oxygen atoms in total. The summed E-state index contributed by atoms with van der Waals surface area (Å²) in [6.07, 6.45) is -0.610. The van der Waals surface area contributed by atoms with Crippen molar-refractivity contribution >= 4 is 6.09 Å². The van der Waals surface area contributed by atoms with Crippen molar-refractivity contribution in [2.45, 2.75) is 5.92 Å². The monoisotopic (exact) mass is 389 g/mol. The van der Waals surface area contributed by atoms with Crippen LogP contribution in [0.4, 0.5) is 13.6 Å². The smallest absolute Gasteiger partial charge is 0.407 e. The van der Waals surface area contributed by atoms with Crippen LogP contribution in [0, 0.1) is 23.5 Å². The summed E-state index contributed by atoms with van der Waals surface area (Å²) in [6, 6.07) is 19.2. The van der Waals surface area contributed by atoms with Gasteiger partial charge in [-0.05, 0) is 40.5 Å².